The van der Waals surface area contributed by atoms with E-state index in [1.54, 1.807) is 20.8 Å². The van der Waals surface area contributed by atoms with Gasteiger partial charge in [0.2, 0.25) is 5.88 Å². The summed E-state index contributed by atoms with van der Waals surface area (Å²) in [6.45, 7) is 5.16. The Morgan fingerprint density at radius 2 is 1.73 bits per heavy atom. The second-order valence-electron chi connectivity index (χ2n) is 7.42. The lowest BCUT2D eigenvalue weighted by Crippen LogP contribution is -2.29. The second kappa shape index (κ2) is 7.66. The Morgan fingerprint density at radius 1 is 1.10 bits per heavy atom. The molecule has 0 atom stereocenters. The number of halogens is 1. The van der Waals surface area contributed by atoms with Crippen molar-refractivity contribution in [2.75, 3.05) is 0 Å². The van der Waals surface area contributed by atoms with E-state index in [4.69, 9.17) is 16.3 Å². The number of hydrogen-bond acceptors (Lipinski definition) is 6. The van der Waals surface area contributed by atoms with Crippen molar-refractivity contribution in [3.8, 4) is 11.6 Å². The van der Waals surface area contributed by atoms with Gasteiger partial charge in [-0.25, -0.2) is 18.0 Å². The molecule has 8 nitrogen and oxygen atoms in total. The molecule has 3 rings (SSSR count). The lowest BCUT2D eigenvalue weighted by molar-refractivity contribution is 0.00694. The van der Waals surface area contributed by atoms with Gasteiger partial charge in [0, 0.05) is 5.02 Å². The predicted octanol–water partition coefficient (Wildman–Crippen LogP) is 3.19. The van der Waals surface area contributed by atoms with Crippen molar-refractivity contribution in [3.63, 3.8) is 0 Å². The third kappa shape index (κ3) is 4.27. The van der Waals surface area contributed by atoms with Gasteiger partial charge >= 0.3 is 11.7 Å². The van der Waals surface area contributed by atoms with Crippen LogP contribution in [-0.2, 0) is 14.8 Å². The van der Waals surface area contributed by atoms with Crippen molar-refractivity contribution < 1.29 is 23.1 Å². The van der Waals surface area contributed by atoms with Crippen LogP contribution in [0.1, 0.15) is 31.1 Å². The first-order chi connectivity index (χ1) is 13.9. The Morgan fingerprint density at radius 3 is 2.33 bits per heavy atom. The number of carbonyl (C=O) groups excluding carboxylic acids is 1. The number of benzene rings is 2. The van der Waals surface area contributed by atoms with Crippen LogP contribution in [0.5, 0.6) is 5.88 Å². The molecule has 0 saturated carbocycles. The molecule has 1 aromatic heterocycles. The van der Waals surface area contributed by atoms with Gasteiger partial charge in [-0.3, -0.25) is 4.57 Å². The number of carbonyl (C=O) groups is 1. The highest BCUT2D eigenvalue weighted by Gasteiger charge is 2.26. The third-order valence-corrected chi connectivity index (χ3v) is 5.89. The summed E-state index contributed by atoms with van der Waals surface area (Å²) >= 11 is 5.78. The summed E-state index contributed by atoms with van der Waals surface area (Å²) in [5.41, 5.74) is -1.38. The van der Waals surface area contributed by atoms with Crippen LogP contribution in [0.15, 0.2) is 64.4 Å². The van der Waals surface area contributed by atoms with Crippen LogP contribution in [0.3, 0.4) is 0 Å². The van der Waals surface area contributed by atoms with Gasteiger partial charge in [-0.2, -0.15) is 0 Å². The van der Waals surface area contributed by atoms with Crippen LogP contribution in [0.4, 0.5) is 0 Å². The van der Waals surface area contributed by atoms with Gasteiger partial charge in [0.15, 0.2) is 0 Å². The summed E-state index contributed by atoms with van der Waals surface area (Å²) < 4.78 is 32.2. The predicted molar refractivity (Wildman–Crippen MR) is 111 cm³/mol. The van der Waals surface area contributed by atoms with Crippen LogP contribution in [-0.4, -0.2) is 33.6 Å². The van der Waals surface area contributed by atoms with E-state index in [9.17, 15) is 23.1 Å². The normalized spacial score (nSPS) is 12.0. The number of ether oxygens (including phenoxy) is 1. The minimum absolute atomic E-state index is 0.169. The Hall–Kier alpha value is -3.04. The van der Waals surface area contributed by atoms with Crippen LogP contribution in [0, 0.1) is 0 Å². The number of nitrogens with zero attached hydrogens (tertiary/aromatic N) is 2. The minimum Gasteiger partial charge on any atom is -0.493 e. The van der Waals surface area contributed by atoms with E-state index < -0.39 is 33.2 Å². The number of aromatic nitrogens is 2. The van der Waals surface area contributed by atoms with E-state index in [1.165, 1.54) is 48.5 Å². The molecule has 0 radical (unpaired) electrons. The molecule has 2 aromatic carbocycles. The molecule has 30 heavy (non-hydrogen) atoms. The molecule has 10 heteroatoms. The monoisotopic (exact) mass is 450 g/mol. The van der Waals surface area contributed by atoms with Crippen LogP contribution in [0.25, 0.3) is 5.69 Å². The summed E-state index contributed by atoms with van der Waals surface area (Å²) in [4.78, 5) is 24.9. The van der Waals surface area contributed by atoms with Crippen LogP contribution >= 0.6 is 11.6 Å². The standard InChI is InChI=1S/C20H19ClN2O6S/c1-20(2,3)29-18(25)13-5-4-6-15(11-13)22-12-17(24)23(19(22)26)30(27,28)16-9-7-14(21)8-10-16/h4-12,24H,1-3H3. The fraction of sp³-hybridized carbons (Fsp3) is 0.200. The van der Waals surface area contributed by atoms with E-state index in [2.05, 4.69) is 0 Å². The highest BCUT2D eigenvalue weighted by Crippen LogP contribution is 2.22. The maximum Gasteiger partial charge on any atom is 0.350 e. The molecule has 158 valence electrons. The van der Waals surface area contributed by atoms with Gasteiger partial charge in [0.05, 0.1) is 22.3 Å². The molecule has 0 saturated heterocycles. The van der Waals surface area contributed by atoms with E-state index >= 15 is 0 Å². The molecule has 1 heterocycles. The Balaban J connectivity index is 2.07. The van der Waals surface area contributed by atoms with Crippen molar-refractivity contribution >= 4 is 27.6 Å². The molecule has 0 aliphatic rings. The summed E-state index contributed by atoms with van der Waals surface area (Å²) in [6.07, 6.45) is 0.962. The van der Waals surface area contributed by atoms with E-state index in [-0.39, 0.29) is 20.1 Å². The quantitative estimate of drug-likeness (QED) is 0.611. The molecule has 0 unspecified atom stereocenters. The first kappa shape index (κ1) is 21.7. The molecular weight excluding hydrogens is 432 g/mol. The average Bonchev–Trinajstić information content (AvgIpc) is 2.95. The Labute approximate surface area is 178 Å². The number of aromatic hydroxyl groups is 1. The lowest BCUT2D eigenvalue weighted by Gasteiger charge is -2.19. The smallest absolute Gasteiger partial charge is 0.350 e. The molecule has 0 spiro atoms. The molecule has 1 N–H and O–H groups in total. The molecular formula is C20H19ClN2O6S. The summed E-state index contributed by atoms with van der Waals surface area (Å²) in [6, 6.07) is 11.1. The van der Waals surface area contributed by atoms with Gasteiger partial charge < -0.3 is 9.84 Å². The van der Waals surface area contributed by atoms with Gasteiger partial charge in [-0.1, -0.05) is 17.7 Å². The molecule has 0 amide bonds. The summed E-state index contributed by atoms with van der Waals surface area (Å²) in [7, 11) is -4.37. The minimum atomic E-state index is -4.37. The zero-order chi connectivity index (χ0) is 22.3. The molecule has 3 aromatic rings. The zero-order valence-corrected chi connectivity index (χ0v) is 17.9. The SMILES string of the molecule is CC(C)(C)OC(=O)c1cccc(-n2cc(O)n(S(=O)(=O)c3ccc(Cl)cc3)c2=O)c1. The first-order valence-electron chi connectivity index (χ1n) is 8.78. The number of imidazole rings is 1. The van der Waals surface area contributed by atoms with Gasteiger partial charge in [-0.15, -0.1) is 3.97 Å². The van der Waals surface area contributed by atoms with Gasteiger partial charge in [-0.05, 0) is 63.2 Å². The molecule has 0 aliphatic heterocycles. The van der Waals surface area contributed by atoms with Crippen LogP contribution in [0.2, 0.25) is 5.02 Å². The van der Waals surface area contributed by atoms with Crippen molar-refractivity contribution in [2.45, 2.75) is 31.3 Å². The van der Waals surface area contributed by atoms with Crippen LogP contribution < -0.4 is 5.69 Å². The largest absolute Gasteiger partial charge is 0.493 e. The van der Waals surface area contributed by atoms with E-state index in [0.717, 1.165) is 10.8 Å². The van der Waals surface area contributed by atoms with Crippen molar-refractivity contribution in [1.29, 1.82) is 0 Å². The lowest BCUT2D eigenvalue weighted by atomic mass is 10.1. The maximum absolute atomic E-state index is 12.8. The summed E-state index contributed by atoms with van der Waals surface area (Å²) in [5, 5.41) is 10.5. The maximum atomic E-state index is 12.8. The highest BCUT2D eigenvalue weighted by molar-refractivity contribution is 7.90. The Bertz CT molecular complexity index is 1270. The third-order valence-electron chi connectivity index (χ3n) is 3.94. The first-order valence-corrected chi connectivity index (χ1v) is 10.6. The molecule has 0 fully saturated rings. The van der Waals surface area contributed by atoms with Crippen molar-refractivity contribution in [2.24, 2.45) is 0 Å². The van der Waals surface area contributed by atoms with Gasteiger partial charge in [0.1, 0.15) is 5.60 Å². The molecule has 0 bridgehead atoms. The second-order valence-corrected chi connectivity index (χ2v) is 9.64. The van der Waals surface area contributed by atoms with E-state index in [1.807, 2.05) is 0 Å². The number of rotatable bonds is 4. The molecule has 0 aliphatic carbocycles. The average molecular weight is 451 g/mol. The fourth-order valence-electron chi connectivity index (χ4n) is 2.66. The van der Waals surface area contributed by atoms with Gasteiger partial charge in [0.25, 0.3) is 10.0 Å². The van der Waals surface area contributed by atoms with Crippen molar-refractivity contribution in [3.05, 3.63) is 75.8 Å². The zero-order valence-electron chi connectivity index (χ0n) is 16.4. The summed E-state index contributed by atoms with van der Waals surface area (Å²) in [5.74, 6) is -1.38. The fourth-order valence-corrected chi connectivity index (χ4v) is 4.07. The number of hydrogen-bond donors (Lipinski definition) is 1. The van der Waals surface area contributed by atoms with Crippen molar-refractivity contribution in [1.82, 2.24) is 8.54 Å². The number of esters is 1. The highest BCUT2D eigenvalue weighted by atomic mass is 35.5. The Kier molecular flexibility index (Phi) is 5.53. The van der Waals surface area contributed by atoms with E-state index in [0.29, 0.717) is 5.02 Å². The topological polar surface area (TPSA) is 108 Å².